The Balaban J connectivity index is 1.91. The van der Waals surface area contributed by atoms with E-state index in [1.165, 1.54) is 0 Å². The Hall–Kier alpha value is -0.280. The van der Waals surface area contributed by atoms with Gasteiger partial charge in [-0.15, -0.1) is 0 Å². The maximum Gasteiger partial charge on any atom is 0.0637 e. The molecule has 2 rings (SSSR count). The van der Waals surface area contributed by atoms with Crippen molar-refractivity contribution >= 4 is 23.2 Å². The van der Waals surface area contributed by atoms with Gasteiger partial charge in [-0.2, -0.15) is 0 Å². The first-order valence-electron chi connectivity index (χ1n) is 5.51. The van der Waals surface area contributed by atoms with E-state index in [0.29, 0.717) is 16.1 Å². The van der Waals surface area contributed by atoms with E-state index in [9.17, 15) is 0 Å². The standard InChI is InChI=1S/C12H15Cl2NO/c13-11-5-1-3-9(12(11)14)7-15-10-4-2-6-16-8-10/h1,3,5,10,15H,2,4,6-8H2. The summed E-state index contributed by atoms with van der Waals surface area (Å²) in [6.45, 7) is 2.42. The van der Waals surface area contributed by atoms with Gasteiger partial charge >= 0.3 is 0 Å². The summed E-state index contributed by atoms with van der Waals surface area (Å²) in [5.41, 5.74) is 1.04. The lowest BCUT2D eigenvalue weighted by atomic mass is 10.1. The summed E-state index contributed by atoms with van der Waals surface area (Å²) < 4.78 is 5.40. The summed E-state index contributed by atoms with van der Waals surface area (Å²) in [5.74, 6) is 0. The quantitative estimate of drug-likeness (QED) is 0.900. The van der Waals surface area contributed by atoms with Crippen molar-refractivity contribution < 1.29 is 4.74 Å². The minimum Gasteiger partial charge on any atom is -0.380 e. The van der Waals surface area contributed by atoms with Crippen LogP contribution >= 0.6 is 23.2 Å². The zero-order valence-corrected chi connectivity index (χ0v) is 10.5. The molecule has 0 bridgehead atoms. The van der Waals surface area contributed by atoms with Crippen LogP contribution in [0.1, 0.15) is 18.4 Å². The first-order chi connectivity index (χ1) is 7.77. The lowest BCUT2D eigenvalue weighted by Crippen LogP contribution is -2.36. The summed E-state index contributed by atoms with van der Waals surface area (Å²) in [6, 6.07) is 6.15. The van der Waals surface area contributed by atoms with Crippen molar-refractivity contribution in [2.45, 2.75) is 25.4 Å². The van der Waals surface area contributed by atoms with E-state index in [1.807, 2.05) is 12.1 Å². The fourth-order valence-corrected chi connectivity index (χ4v) is 2.23. The van der Waals surface area contributed by atoms with Gasteiger partial charge in [-0.05, 0) is 24.5 Å². The molecule has 0 spiro atoms. The SMILES string of the molecule is Clc1cccc(CNC2CCCOC2)c1Cl. The van der Waals surface area contributed by atoms with Crippen LogP contribution in [0.4, 0.5) is 0 Å². The number of hydrogen-bond donors (Lipinski definition) is 1. The van der Waals surface area contributed by atoms with Gasteiger partial charge in [0.1, 0.15) is 0 Å². The monoisotopic (exact) mass is 259 g/mol. The normalized spacial score (nSPS) is 21.0. The van der Waals surface area contributed by atoms with Crippen LogP contribution in [0.25, 0.3) is 0 Å². The second-order valence-electron chi connectivity index (χ2n) is 4.01. The molecule has 4 heteroatoms. The number of ether oxygens (including phenoxy) is 1. The molecule has 88 valence electrons. The highest BCUT2D eigenvalue weighted by molar-refractivity contribution is 6.42. The third kappa shape index (κ3) is 3.11. The van der Waals surface area contributed by atoms with Crippen molar-refractivity contribution in [3.63, 3.8) is 0 Å². The average molecular weight is 260 g/mol. The minimum absolute atomic E-state index is 0.434. The molecule has 1 heterocycles. The number of hydrogen-bond acceptors (Lipinski definition) is 2. The van der Waals surface area contributed by atoms with Crippen molar-refractivity contribution in [3.05, 3.63) is 33.8 Å². The van der Waals surface area contributed by atoms with Crippen molar-refractivity contribution in [2.24, 2.45) is 0 Å². The Morgan fingerprint density at radius 1 is 1.38 bits per heavy atom. The Kier molecular flexibility index (Phi) is 4.47. The molecule has 1 aliphatic heterocycles. The molecular weight excluding hydrogens is 245 g/mol. The highest BCUT2D eigenvalue weighted by atomic mass is 35.5. The topological polar surface area (TPSA) is 21.3 Å². The van der Waals surface area contributed by atoms with Gasteiger partial charge in [0.2, 0.25) is 0 Å². The van der Waals surface area contributed by atoms with Crippen LogP contribution in [0.5, 0.6) is 0 Å². The van der Waals surface area contributed by atoms with E-state index < -0.39 is 0 Å². The molecular formula is C12H15Cl2NO. The molecule has 16 heavy (non-hydrogen) atoms. The molecule has 1 N–H and O–H groups in total. The summed E-state index contributed by atoms with van der Waals surface area (Å²) in [6.07, 6.45) is 2.29. The molecule has 0 aliphatic carbocycles. The van der Waals surface area contributed by atoms with Crippen LogP contribution in [0.2, 0.25) is 10.0 Å². The summed E-state index contributed by atoms with van der Waals surface area (Å²) in [7, 11) is 0. The van der Waals surface area contributed by atoms with Gasteiger partial charge < -0.3 is 10.1 Å². The minimum atomic E-state index is 0.434. The lowest BCUT2D eigenvalue weighted by Gasteiger charge is -2.23. The second-order valence-corrected chi connectivity index (χ2v) is 4.79. The van der Waals surface area contributed by atoms with Crippen LogP contribution in [0.15, 0.2) is 18.2 Å². The van der Waals surface area contributed by atoms with Gasteiger partial charge in [-0.25, -0.2) is 0 Å². The number of benzene rings is 1. The fourth-order valence-electron chi connectivity index (χ4n) is 1.84. The average Bonchev–Trinajstić information content (AvgIpc) is 2.32. The van der Waals surface area contributed by atoms with Crippen LogP contribution < -0.4 is 5.32 Å². The zero-order chi connectivity index (χ0) is 11.4. The molecule has 0 radical (unpaired) electrons. The molecule has 0 aromatic heterocycles. The molecule has 1 atom stereocenters. The maximum atomic E-state index is 6.11. The maximum absolute atomic E-state index is 6.11. The Labute approximate surface area is 106 Å². The van der Waals surface area contributed by atoms with Crippen molar-refractivity contribution in [2.75, 3.05) is 13.2 Å². The molecule has 1 fully saturated rings. The number of nitrogens with one attached hydrogen (secondary N) is 1. The van der Waals surface area contributed by atoms with Crippen LogP contribution in [0.3, 0.4) is 0 Å². The van der Waals surface area contributed by atoms with E-state index in [-0.39, 0.29) is 0 Å². The third-order valence-electron chi connectivity index (χ3n) is 2.77. The summed E-state index contributed by atoms with van der Waals surface area (Å²) in [4.78, 5) is 0. The molecule has 2 nitrogen and oxygen atoms in total. The second kappa shape index (κ2) is 5.87. The van der Waals surface area contributed by atoms with Gasteiger partial charge in [-0.3, -0.25) is 0 Å². The summed E-state index contributed by atoms with van der Waals surface area (Å²) in [5, 5.41) is 4.70. The highest BCUT2D eigenvalue weighted by Crippen LogP contribution is 2.25. The number of rotatable bonds is 3. The van der Waals surface area contributed by atoms with Crippen molar-refractivity contribution in [3.8, 4) is 0 Å². The Morgan fingerprint density at radius 2 is 2.25 bits per heavy atom. The predicted octanol–water partition coefficient (Wildman–Crippen LogP) is 3.26. The van der Waals surface area contributed by atoms with Gasteiger partial charge in [0, 0.05) is 19.2 Å². The van der Waals surface area contributed by atoms with Gasteiger partial charge in [0.15, 0.2) is 0 Å². The van der Waals surface area contributed by atoms with Crippen molar-refractivity contribution in [1.82, 2.24) is 5.32 Å². The molecule has 0 amide bonds. The van der Waals surface area contributed by atoms with Crippen LogP contribution in [0, 0.1) is 0 Å². The number of halogens is 2. The highest BCUT2D eigenvalue weighted by Gasteiger charge is 2.13. The van der Waals surface area contributed by atoms with E-state index >= 15 is 0 Å². The Bertz CT molecular complexity index is 351. The van der Waals surface area contributed by atoms with E-state index in [0.717, 1.165) is 38.2 Å². The lowest BCUT2D eigenvalue weighted by molar-refractivity contribution is 0.0699. The molecule has 1 aromatic rings. The predicted molar refractivity (Wildman–Crippen MR) is 67.1 cm³/mol. The smallest absolute Gasteiger partial charge is 0.0637 e. The third-order valence-corrected chi connectivity index (χ3v) is 3.63. The molecule has 1 aromatic carbocycles. The van der Waals surface area contributed by atoms with E-state index in [1.54, 1.807) is 6.07 Å². The van der Waals surface area contributed by atoms with Crippen LogP contribution in [-0.2, 0) is 11.3 Å². The fraction of sp³-hybridized carbons (Fsp3) is 0.500. The molecule has 1 unspecified atom stereocenters. The van der Waals surface area contributed by atoms with Gasteiger partial charge in [-0.1, -0.05) is 35.3 Å². The Morgan fingerprint density at radius 3 is 3.00 bits per heavy atom. The largest absolute Gasteiger partial charge is 0.380 e. The van der Waals surface area contributed by atoms with E-state index in [4.69, 9.17) is 27.9 Å². The zero-order valence-electron chi connectivity index (χ0n) is 9.01. The van der Waals surface area contributed by atoms with E-state index in [2.05, 4.69) is 5.32 Å². The summed E-state index contributed by atoms with van der Waals surface area (Å²) >= 11 is 12.1. The molecule has 1 aliphatic rings. The van der Waals surface area contributed by atoms with Crippen molar-refractivity contribution in [1.29, 1.82) is 0 Å². The first-order valence-corrected chi connectivity index (χ1v) is 6.27. The van der Waals surface area contributed by atoms with Crippen LogP contribution in [-0.4, -0.2) is 19.3 Å². The van der Waals surface area contributed by atoms with Gasteiger partial charge in [0.25, 0.3) is 0 Å². The first kappa shape index (κ1) is 12.2. The molecule has 0 saturated carbocycles. The molecule has 1 saturated heterocycles. The van der Waals surface area contributed by atoms with Gasteiger partial charge in [0.05, 0.1) is 16.7 Å².